The van der Waals surface area contributed by atoms with E-state index in [1.165, 1.54) is 0 Å². The number of rotatable bonds is 2. The van der Waals surface area contributed by atoms with Crippen molar-refractivity contribution in [1.82, 2.24) is 0 Å². The summed E-state index contributed by atoms with van der Waals surface area (Å²) in [5, 5.41) is 0.721. The quantitative estimate of drug-likeness (QED) is 0.844. The summed E-state index contributed by atoms with van der Waals surface area (Å²) < 4.78 is 6.10. The second-order valence-corrected chi connectivity index (χ2v) is 4.92. The molecule has 1 atom stereocenters. The molecule has 18 heavy (non-hydrogen) atoms. The average Bonchev–Trinajstić information content (AvgIpc) is 2.41. The first-order valence-corrected chi connectivity index (χ1v) is 7.22. The lowest BCUT2D eigenvalue weighted by atomic mass is 9.84. The standard InChI is InChI=1S/C13H18ClNO.C2H6/c1-3-13(4-2)8-11(15)10-7-9(14)5-6-12(10)16-13;1-2/h5-7,11H,3-4,8,15H2,1-2H3;1-2H3. The molecule has 0 radical (unpaired) electrons. The molecule has 0 spiro atoms. The molecule has 0 bridgehead atoms. The molecule has 102 valence electrons. The highest BCUT2D eigenvalue weighted by Crippen LogP contribution is 2.42. The molecule has 0 fully saturated rings. The van der Waals surface area contributed by atoms with Gasteiger partial charge in [0, 0.05) is 23.0 Å². The molecule has 2 rings (SSSR count). The number of fused-ring (bicyclic) bond motifs is 1. The molecule has 1 aliphatic heterocycles. The molecule has 1 aromatic carbocycles. The maximum Gasteiger partial charge on any atom is 0.125 e. The van der Waals surface area contributed by atoms with Crippen LogP contribution in [0.2, 0.25) is 5.02 Å². The van der Waals surface area contributed by atoms with Gasteiger partial charge in [-0.3, -0.25) is 0 Å². The second-order valence-electron chi connectivity index (χ2n) is 4.48. The number of hydrogen-bond donors (Lipinski definition) is 1. The first-order chi connectivity index (χ1) is 8.60. The zero-order valence-corrected chi connectivity index (χ0v) is 12.6. The van der Waals surface area contributed by atoms with E-state index < -0.39 is 0 Å². The van der Waals surface area contributed by atoms with E-state index in [1.807, 2.05) is 32.0 Å². The normalized spacial score (nSPS) is 20.2. The number of hydrogen-bond acceptors (Lipinski definition) is 2. The SMILES string of the molecule is CC.CCC1(CC)CC(N)c2cc(Cl)ccc2O1. The molecular formula is C15H24ClNO. The molecule has 0 amide bonds. The van der Waals surface area contributed by atoms with Gasteiger partial charge in [-0.2, -0.15) is 0 Å². The average molecular weight is 270 g/mol. The van der Waals surface area contributed by atoms with Gasteiger partial charge in [0.15, 0.2) is 0 Å². The lowest BCUT2D eigenvalue weighted by Crippen LogP contribution is -2.41. The van der Waals surface area contributed by atoms with Crippen molar-refractivity contribution < 1.29 is 4.74 Å². The lowest BCUT2D eigenvalue weighted by molar-refractivity contribution is 0.0282. The summed E-state index contributed by atoms with van der Waals surface area (Å²) in [5.41, 5.74) is 7.14. The molecule has 0 aromatic heterocycles. The van der Waals surface area contributed by atoms with E-state index in [0.29, 0.717) is 0 Å². The van der Waals surface area contributed by atoms with E-state index in [4.69, 9.17) is 22.1 Å². The minimum atomic E-state index is -0.0970. The monoisotopic (exact) mass is 269 g/mol. The summed E-state index contributed by atoms with van der Waals surface area (Å²) in [6, 6.07) is 5.73. The fourth-order valence-electron chi connectivity index (χ4n) is 2.37. The largest absolute Gasteiger partial charge is 0.487 e. The van der Waals surface area contributed by atoms with Gasteiger partial charge in [0.1, 0.15) is 11.4 Å². The minimum Gasteiger partial charge on any atom is -0.487 e. The summed E-state index contributed by atoms with van der Waals surface area (Å²) in [6.45, 7) is 8.30. The summed E-state index contributed by atoms with van der Waals surface area (Å²) in [4.78, 5) is 0. The van der Waals surface area contributed by atoms with Crippen LogP contribution in [-0.4, -0.2) is 5.60 Å². The molecular weight excluding hydrogens is 246 g/mol. The van der Waals surface area contributed by atoms with Crippen molar-refractivity contribution >= 4 is 11.6 Å². The Hall–Kier alpha value is -0.730. The number of benzene rings is 1. The van der Waals surface area contributed by atoms with Crippen LogP contribution in [0.3, 0.4) is 0 Å². The van der Waals surface area contributed by atoms with Crippen molar-refractivity contribution in [3.05, 3.63) is 28.8 Å². The maximum atomic E-state index is 6.20. The Labute approximate surface area is 115 Å². The van der Waals surface area contributed by atoms with Crippen molar-refractivity contribution in [2.24, 2.45) is 5.73 Å². The Kier molecular flexibility index (Phi) is 5.48. The van der Waals surface area contributed by atoms with Crippen LogP contribution < -0.4 is 10.5 Å². The Bertz CT molecular complexity index is 388. The van der Waals surface area contributed by atoms with Crippen molar-refractivity contribution in [3.8, 4) is 5.75 Å². The van der Waals surface area contributed by atoms with Crippen LogP contribution in [0.5, 0.6) is 5.75 Å². The van der Waals surface area contributed by atoms with Crippen molar-refractivity contribution in [2.75, 3.05) is 0 Å². The van der Waals surface area contributed by atoms with Gasteiger partial charge in [-0.1, -0.05) is 39.3 Å². The third-order valence-corrected chi connectivity index (χ3v) is 3.81. The van der Waals surface area contributed by atoms with E-state index >= 15 is 0 Å². The van der Waals surface area contributed by atoms with Crippen LogP contribution in [0.15, 0.2) is 18.2 Å². The Morgan fingerprint density at radius 1 is 1.33 bits per heavy atom. The number of ether oxygens (including phenoxy) is 1. The van der Waals surface area contributed by atoms with Gasteiger partial charge >= 0.3 is 0 Å². The third kappa shape index (κ3) is 2.99. The summed E-state index contributed by atoms with van der Waals surface area (Å²) >= 11 is 5.97. The van der Waals surface area contributed by atoms with Gasteiger partial charge in [-0.05, 0) is 31.0 Å². The summed E-state index contributed by atoms with van der Waals surface area (Å²) in [7, 11) is 0. The van der Waals surface area contributed by atoms with Crippen LogP contribution in [-0.2, 0) is 0 Å². The Balaban J connectivity index is 0.000000771. The molecule has 0 aliphatic carbocycles. The first kappa shape index (κ1) is 15.3. The molecule has 1 aromatic rings. The van der Waals surface area contributed by atoms with E-state index in [-0.39, 0.29) is 11.6 Å². The Morgan fingerprint density at radius 2 is 1.94 bits per heavy atom. The molecule has 1 heterocycles. The first-order valence-electron chi connectivity index (χ1n) is 6.84. The van der Waals surface area contributed by atoms with Crippen LogP contribution in [0, 0.1) is 0 Å². The Morgan fingerprint density at radius 3 is 2.50 bits per heavy atom. The molecule has 0 saturated heterocycles. The zero-order valence-electron chi connectivity index (χ0n) is 11.8. The molecule has 2 nitrogen and oxygen atoms in total. The maximum absolute atomic E-state index is 6.20. The predicted octanol–water partition coefficient (Wildman–Crippen LogP) is 4.71. The molecule has 1 unspecified atom stereocenters. The van der Waals surface area contributed by atoms with Crippen molar-refractivity contribution in [2.45, 2.75) is 58.6 Å². The minimum absolute atomic E-state index is 0.0300. The summed E-state index contributed by atoms with van der Waals surface area (Å²) in [5.74, 6) is 0.895. The lowest BCUT2D eigenvalue weighted by Gasteiger charge is -2.40. The molecule has 3 heteroatoms. The zero-order chi connectivity index (χ0) is 13.8. The molecule has 0 saturated carbocycles. The van der Waals surface area contributed by atoms with Gasteiger partial charge in [-0.15, -0.1) is 0 Å². The third-order valence-electron chi connectivity index (χ3n) is 3.58. The molecule has 1 aliphatic rings. The summed E-state index contributed by atoms with van der Waals surface area (Å²) in [6.07, 6.45) is 2.84. The topological polar surface area (TPSA) is 35.2 Å². The fraction of sp³-hybridized carbons (Fsp3) is 0.600. The van der Waals surface area contributed by atoms with E-state index in [1.54, 1.807) is 0 Å². The van der Waals surface area contributed by atoms with Crippen LogP contribution in [0.1, 0.15) is 58.6 Å². The predicted molar refractivity (Wildman–Crippen MR) is 78.3 cm³/mol. The van der Waals surface area contributed by atoms with E-state index in [2.05, 4.69) is 13.8 Å². The van der Waals surface area contributed by atoms with Gasteiger partial charge in [0.25, 0.3) is 0 Å². The number of nitrogens with two attached hydrogens (primary N) is 1. The second kappa shape index (κ2) is 6.44. The van der Waals surface area contributed by atoms with Gasteiger partial charge < -0.3 is 10.5 Å². The van der Waals surface area contributed by atoms with Crippen LogP contribution >= 0.6 is 11.6 Å². The molecule has 2 N–H and O–H groups in total. The van der Waals surface area contributed by atoms with E-state index in [9.17, 15) is 0 Å². The van der Waals surface area contributed by atoms with Crippen LogP contribution in [0.25, 0.3) is 0 Å². The highest BCUT2D eigenvalue weighted by atomic mass is 35.5. The van der Waals surface area contributed by atoms with Gasteiger partial charge in [0.05, 0.1) is 0 Å². The number of halogens is 1. The highest BCUT2D eigenvalue weighted by molar-refractivity contribution is 6.30. The van der Waals surface area contributed by atoms with Crippen molar-refractivity contribution in [1.29, 1.82) is 0 Å². The highest BCUT2D eigenvalue weighted by Gasteiger charge is 2.36. The van der Waals surface area contributed by atoms with Gasteiger partial charge in [-0.25, -0.2) is 0 Å². The van der Waals surface area contributed by atoms with Gasteiger partial charge in [0.2, 0.25) is 0 Å². The van der Waals surface area contributed by atoms with Crippen LogP contribution in [0.4, 0.5) is 0 Å². The fourth-order valence-corrected chi connectivity index (χ4v) is 2.55. The van der Waals surface area contributed by atoms with Crippen molar-refractivity contribution in [3.63, 3.8) is 0 Å². The smallest absolute Gasteiger partial charge is 0.125 e. The van der Waals surface area contributed by atoms with E-state index in [0.717, 1.165) is 35.6 Å².